The summed E-state index contributed by atoms with van der Waals surface area (Å²) in [6.07, 6.45) is 1.76. The highest BCUT2D eigenvalue weighted by molar-refractivity contribution is 5.99. The lowest BCUT2D eigenvalue weighted by molar-refractivity contribution is -0.239. The highest BCUT2D eigenvalue weighted by Gasteiger charge is 2.57. The van der Waals surface area contributed by atoms with E-state index in [1.54, 1.807) is 48.0 Å². The van der Waals surface area contributed by atoms with Crippen molar-refractivity contribution in [2.24, 2.45) is 5.73 Å². The minimum atomic E-state index is -1.16. The van der Waals surface area contributed by atoms with Crippen molar-refractivity contribution in [3.05, 3.63) is 122 Å². The average Bonchev–Trinajstić information content (AvgIpc) is 3.48. The third-order valence-corrected chi connectivity index (χ3v) is 11.0. The van der Waals surface area contributed by atoms with Gasteiger partial charge in [-0.2, -0.15) is 5.06 Å². The summed E-state index contributed by atoms with van der Waals surface area (Å²) in [5.74, 6) is -3.80. The molecule has 1 spiro atoms. The first-order valence-corrected chi connectivity index (χ1v) is 17.9. The summed E-state index contributed by atoms with van der Waals surface area (Å²) in [6.45, 7) is 1.88. The van der Waals surface area contributed by atoms with Gasteiger partial charge in [0.25, 0.3) is 11.8 Å². The number of hydroxylamine groups is 2. The summed E-state index contributed by atoms with van der Waals surface area (Å²) in [4.78, 5) is 51.5. The van der Waals surface area contributed by atoms with Crippen LogP contribution in [0.15, 0.2) is 71.7 Å². The van der Waals surface area contributed by atoms with Crippen LogP contribution in [0.25, 0.3) is 0 Å². The fourth-order valence-corrected chi connectivity index (χ4v) is 8.01. The van der Waals surface area contributed by atoms with E-state index in [2.05, 4.69) is 0 Å². The smallest absolute Gasteiger partial charge is 0.274 e. The van der Waals surface area contributed by atoms with Crippen LogP contribution in [-0.2, 0) is 24.5 Å². The first kappa shape index (κ1) is 37.9. The Kier molecular flexibility index (Phi) is 10.4. The molecule has 3 aliphatic heterocycles. The summed E-state index contributed by atoms with van der Waals surface area (Å²) >= 11 is 0. The standard InChI is InChI=1S/C40H42F3N5O7/c1-23-12-13-40(33-21-46(23)39(51)35-37(54-22-24-8-6-5-7-9-24)36(49)29(38(44)50)19-47(33)35)17-34(45(2)18-25-10-11-27(52-3)16-32(25)53-4)48(55-40)20-28-30(42)14-26(41)15-31(28)43/h5-11,14-16,19,23,33-34H,12-13,17-18,20-22H2,1-4H3,(H2,44,50)/t23-,33+,34?,40-/m0/s1. The molecular weight excluding hydrogens is 719 g/mol. The number of primary amides is 1. The van der Waals surface area contributed by atoms with Crippen molar-refractivity contribution in [3.8, 4) is 17.2 Å². The molecule has 2 saturated heterocycles. The molecule has 0 aliphatic carbocycles. The number of pyridine rings is 1. The predicted molar refractivity (Wildman–Crippen MR) is 194 cm³/mol. The van der Waals surface area contributed by atoms with Gasteiger partial charge in [-0.05, 0) is 38.4 Å². The Morgan fingerprint density at radius 3 is 2.44 bits per heavy atom. The van der Waals surface area contributed by atoms with Crippen molar-refractivity contribution in [1.82, 2.24) is 19.4 Å². The number of benzene rings is 3. The fraction of sp³-hybridized carbons (Fsp3) is 0.375. The average molecular weight is 762 g/mol. The molecule has 2 N–H and O–H groups in total. The number of fused-ring (bicyclic) bond motifs is 5. The molecule has 2 bridgehead atoms. The Morgan fingerprint density at radius 2 is 1.76 bits per heavy atom. The molecule has 7 rings (SSSR count). The van der Waals surface area contributed by atoms with Crippen molar-refractivity contribution in [2.75, 3.05) is 27.8 Å². The number of halogens is 3. The van der Waals surface area contributed by atoms with Gasteiger partial charge in [-0.3, -0.25) is 24.1 Å². The number of carbonyl (C=O) groups excluding carboxylic acids is 2. The third-order valence-electron chi connectivity index (χ3n) is 11.0. The number of amides is 2. The summed E-state index contributed by atoms with van der Waals surface area (Å²) in [5.41, 5.74) is 4.48. The van der Waals surface area contributed by atoms with E-state index in [4.69, 9.17) is 24.8 Å². The number of rotatable bonds is 11. The molecule has 2 amide bonds. The van der Waals surface area contributed by atoms with Gasteiger partial charge in [-0.15, -0.1) is 0 Å². The van der Waals surface area contributed by atoms with Crippen molar-refractivity contribution >= 4 is 11.8 Å². The van der Waals surface area contributed by atoms with E-state index in [-0.39, 0.29) is 42.6 Å². The number of aromatic nitrogens is 1. The molecule has 290 valence electrons. The first-order valence-electron chi connectivity index (χ1n) is 17.9. The molecular formula is C40H42F3N5O7. The quantitative estimate of drug-likeness (QED) is 0.220. The lowest BCUT2D eigenvalue weighted by Crippen LogP contribution is -2.52. The predicted octanol–water partition coefficient (Wildman–Crippen LogP) is 5.17. The van der Waals surface area contributed by atoms with Gasteiger partial charge in [0.1, 0.15) is 46.7 Å². The molecule has 1 aromatic heterocycles. The molecule has 4 aromatic rings. The zero-order valence-corrected chi connectivity index (χ0v) is 30.9. The topological polar surface area (TPSA) is 129 Å². The van der Waals surface area contributed by atoms with Crippen LogP contribution >= 0.6 is 0 Å². The van der Waals surface area contributed by atoms with E-state index in [0.717, 1.165) is 11.1 Å². The Bertz CT molecular complexity index is 2160. The fourth-order valence-electron chi connectivity index (χ4n) is 8.01. The molecule has 1 unspecified atom stereocenters. The van der Waals surface area contributed by atoms with Crippen LogP contribution in [0.1, 0.15) is 69.8 Å². The largest absolute Gasteiger partial charge is 0.497 e. The van der Waals surface area contributed by atoms with Crippen LogP contribution < -0.4 is 25.4 Å². The summed E-state index contributed by atoms with van der Waals surface area (Å²) < 4.78 is 63.2. The Labute approximate surface area is 315 Å². The van der Waals surface area contributed by atoms with Crippen LogP contribution in [0.4, 0.5) is 13.2 Å². The summed E-state index contributed by atoms with van der Waals surface area (Å²) in [6, 6.07) is 14.7. The molecule has 4 atom stereocenters. The molecule has 0 saturated carbocycles. The van der Waals surface area contributed by atoms with Crippen molar-refractivity contribution in [2.45, 2.75) is 69.7 Å². The second-order valence-corrected chi connectivity index (χ2v) is 14.3. The summed E-state index contributed by atoms with van der Waals surface area (Å²) in [7, 11) is 4.93. The third kappa shape index (κ3) is 7.03. The molecule has 0 radical (unpaired) electrons. The molecule has 3 aromatic carbocycles. The molecule has 55 heavy (non-hydrogen) atoms. The first-order chi connectivity index (χ1) is 26.3. The SMILES string of the molecule is COc1ccc(CN(C)C2C[C@]3(CC[C@H](C)N4C[C@H]3n3cc(C(N)=O)c(=O)c(OCc5ccccc5)c3C4=O)ON2Cc2c(F)cc(F)cc2F)c(OC)c1. The lowest BCUT2D eigenvalue weighted by Gasteiger charge is -2.43. The van der Waals surface area contributed by atoms with Gasteiger partial charge in [0.05, 0.1) is 33.0 Å². The molecule has 3 aliphatic rings. The van der Waals surface area contributed by atoms with Gasteiger partial charge < -0.3 is 29.4 Å². The Balaban J connectivity index is 1.34. The van der Waals surface area contributed by atoms with Crippen LogP contribution in [0.3, 0.4) is 0 Å². The number of ether oxygens (including phenoxy) is 3. The molecule has 4 heterocycles. The van der Waals surface area contributed by atoms with Gasteiger partial charge in [-0.25, -0.2) is 13.2 Å². The zero-order valence-electron chi connectivity index (χ0n) is 30.9. The highest BCUT2D eigenvalue weighted by Crippen LogP contribution is 2.50. The number of methoxy groups -OCH3 is 2. The van der Waals surface area contributed by atoms with Crippen molar-refractivity contribution < 1.29 is 41.8 Å². The van der Waals surface area contributed by atoms with Crippen LogP contribution in [-0.4, -0.2) is 76.9 Å². The normalized spacial score (nSPS) is 22.1. The van der Waals surface area contributed by atoms with Gasteiger partial charge in [0, 0.05) is 61.1 Å². The van der Waals surface area contributed by atoms with Crippen molar-refractivity contribution in [3.63, 3.8) is 0 Å². The minimum absolute atomic E-state index is 0.0548. The Hall–Kier alpha value is -5.38. The van der Waals surface area contributed by atoms with Crippen LogP contribution in [0.2, 0.25) is 0 Å². The highest BCUT2D eigenvalue weighted by atomic mass is 19.1. The van der Waals surface area contributed by atoms with E-state index in [1.165, 1.54) is 11.3 Å². The molecule has 12 nitrogen and oxygen atoms in total. The number of carbonyl (C=O) groups is 2. The van der Waals surface area contributed by atoms with E-state index in [1.807, 2.05) is 43.1 Å². The van der Waals surface area contributed by atoms with E-state index < -0.39 is 64.6 Å². The molecule has 2 fully saturated rings. The maximum Gasteiger partial charge on any atom is 0.274 e. The van der Waals surface area contributed by atoms with E-state index in [9.17, 15) is 18.8 Å². The monoisotopic (exact) mass is 761 g/mol. The van der Waals surface area contributed by atoms with Gasteiger partial charge in [0.15, 0.2) is 11.4 Å². The minimum Gasteiger partial charge on any atom is -0.497 e. The van der Waals surface area contributed by atoms with Crippen LogP contribution in [0.5, 0.6) is 17.2 Å². The van der Waals surface area contributed by atoms with Crippen LogP contribution in [0, 0.1) is 17.5 Å². The second kappa shape index (κ2) is 15.0. The number of hydrogen-bond acceptors (Lipinski definition) is 9. The van der Waals surface area contributed by atoms with Gasteiger partial charge >= 0.3 is 0 Å². The van der Waals surface area contributed by atoms with E-state index in [0.29, 0.717) is 43.0 Å². The second-order valence-electron chi connectivity index (χ2n) is 14.3. The van der Waals surface area contributed by atoms with E-state index >= 15 is 8.78 Å². The number of nitrogens with two attached hydrogens (primary N) is 1. The lowest BCUT2D eigenvalue weighted by atomic mass is 9.84. The zero-order chi connectivity index (χ0) is 39.2. The maximum atomic E-state index is 15.3. The van der Waals surface area contributed by atoms with Crippen molar-refractivity contribution in [1.29, 1.82) is 0 Å². The summed E-state index contributed by atoms with van der Waals surface area (Å²) in [5, 5.41) is 1.48. The molecule has 15 heteroatoms. The number of nitrogens with zero attached hydrogens (tertiary/aromatic N) is 4. The van der Waals surface area contributed by atoms with Gasteiger partial charge in [0.2, 0.25) is 5.43 Å². The Morgan fingerprint density at radius 1 is 1.04 bits per heavy atom. The number of hydrogen-bond donors (Lipinski definition) is 1. The maximum absolute atomic E-state index is 15.3. The van der Waals surface area contributed by atoms with Gasteiger partial charge in [-0.1, -0.05) is 36.4 Å².